The van der Waals surface area contributed by atoms with Crippen LogP contribution in [0.5, 0.6) is 0 Å². The predicted molar refractivity (Wildman–Crippen MR) is 74.1 cm³/mol. The molecule has 13 heavy (non-hydrogen) atoms. The van der Waals surface area contributed by atoms with E-state index in [1.165, 1.54) is 14.1 Å². The average molecular weight is 193 g/mol. The zero-order valence-corrected chi connectivity index (χ0v) is 8.75. The molecular weight excluding hydrogens is 191 g/mol. The predicted octanol–water partition coefficient (Wildman–Crippen LogP) is -2.39. The Morgan fingerprint density at radius 2 is 0.923 bits per heavy atom. The standard InChI is InChI=1S/CH2Cl2.B10/c2-1-3;1-3-5-7-9-10-8-6-4-2/h1H2;. The Bertz CT molecular complexity index is 61.9. The summed E-state index contributed by atoms with van der Waals surface area (Å²) in [5.41, 5.74) is 0. The van der Waals surface area contributed by atoms with Crippen molar-refractivity contribution in [3.05, 3.63) is 0 Å². The second-order valence-corrected chi connectivity index (χ2v) is 2.45. The first kappa shape index (κ1) is 16.7. The molecule has 0 amide bonds. The molecule has 0 nitrogen and oxygen atoms in total. The third-order valence-electron chi connectivity index (χ3n) is 0.778. The second kappa shape index (κ2) is 18.9. The number of alkyl halides is 2. The van der Waals surface area contributed by atoms with Crippen LogP contribution in [0.15, 0.2) is 0 Å². The van der Waals surface area contributed by atoms with E-state index < -0.39 is 0 Å². The van der Waals surface area contributed by atoms with Gasteiger partial charge in [0, 0.05) is 72.0 Å². The van der Waals surface area contributed by atoms with Crippen LogP contribution in [-0.4, -0.2) is 77.3 Å². The van der Waals surface area contributed by atoms with Gasteiger partial charge in [-0.1, -0.05) is 0 Å². The van der Waals surface area contributed by atoms with Gasteiger partial charge < -0.3 is 0 Å². The molecule has 0 bridgehead atoms. The molecule has 0 atom stereocenters. The van der Waals surface area contributed by atoms with Crippen molar-refractivity contribution in [1.29, 1.82) is 0 Å². The van der Waals surface area contributed by atoms with E-state index in [4.69, 9.17) is 38.7 Å². The summed E-state index contributed by atoms with van der Waals surface area (Å²) >= 11 is 9.53. The van der Waals surface area contributed by atoms with E-state index in [0.717, 1.165) is 0 Å². The van der Waals surface area contributed by atoms with Crippen LogP contribution >= 0.6 is 23.2 Å². The van der Waals surface area contributed by atoms with Crippen molar-refractivity contribution in [2.45, 2.75) is 0 Å². The molecule has 0 unspecified atom stereocenters. The zero-order valence-electron chi connectivity index (χ0n) is 7.24. The van der Waals surface area contributed by atoms with Crippen molar-refractivity contribution in [1.82, 2.24) is 0 Å². The van der Waals surface area contributed by atoms with Gasteiger partial charge in [-0.15, -0.1) is 23.2 Å². The van der Waals surface area contributed by atoms with Crippen LogP contribution in [0.3, 0.4) is 0 Å². The first-order chi connectivity index (χ1) is 6.33. The van der Waals surface area contributed by atoms with Crippen LogP contribution in [0, 0.1) is 0 Å². The Morgan fingerprint density at radius 3 is 1.15 bits per heavy atom. The Morgan fingerprint density at radius 1 is 0.692 bits per heavy atom. The number of hydrogen-bond donors (Lipinski definition) is 0. The van der Waals surface area contributed by atoms with Crippen LogP contribution in [-0.2, 0) is 0 Å². The van der Waals surface area contributed by atoms with Crippen LogP contribution in [0.4, 0.5) is 0 Å². The van der Waals surface area contributed by atoms with E-state index in [2.05, 4.69) is 0 Å². The van der Waals surface area contributed by atoms with Crippen molar-refractivity contribution in [2.24, 2.45) is 0 Å². The highest BCUT2D eigenvalue weighted by Crippen LogP contribution is 1.73. The molecule has 0 aliphatic rings. The quantitative estimate of drug-likeness (QED) is 0.240. The van der Waals surface area contributed by atoms with Gasteiger partial charge in [0.25, 0.3) is 0 Å². The van der Waals surface area contributed by atoms with Crippen LogP contribution in [0.1, 0.15) is 0 Å². The SMILES string of the molecule is ClCCl.[B][B][B][B][B][B][B][B][B][B]. The summed E-state index contributed by atoms with van der Waals surface area (Å²) in [5.74, 6) is 0. The number of rotatable bonds is 7. The van der Waals surface area contributed by atoms with Crippen molar-refractivity contribution in [3.63, 3.8) is 0 Å². The van der Waals surface area contributed by atoms with Crippen molar-refractivity contribution < 1.29 is 0 Å². The highest BCUT2D eigenvalue weighted by atomic mass is 35.5. The molecule has 0 fully saturated rings. The normalized spacial score (nSPS) is 6.62. The smallest absolute Gasteiger partial charge is 0.0967 e. The third kappa shape index (κ3) is 24.6. The highest BCUT2D eigenvalue weighted by molar-refractivity contribution is 7.68. The summed E-state index contributed by atoms with van der Waals surface area (Å²) in [6, 6.07) is 0. The Balaban J connectivity index is 0. The monoisotopic (exact) mass is 194 g/mol. The molecule has 0 aromatic heterocycles. The van der Waals surface area contributed by atoms with Gasteiger partial charge in [-0.25, -0.2) is 0 Å². The Kier molecular flexibility index (Phi) is 24.2. The second-order valence-electron chi connectivity index (χ2n) is 1.64. The van der Waals surface area contributed by atoms with E-state index in [9.17, 15) is 0 Å². The van der Waals surface area contributed by atoms with Gasteiger partial charge >= 0.3 is 0 Å². The summed E-state index contributed by atoms with van der Waals surface area (Å²) in [4.78, 5) is 0. The van der Waals surface area contributed by atoms with Crippen LogP contribution in [0.2, 0.25) is 0 Å². The molecule has 0 spiro atoms. The van der Waals surface area contributed by atoms with Crippen molar-refractivity contribution in [2.75, 3.05) is 5.34 Å². The maximum atomic E-state index is 5.08. The molecule has 12 radical (unpaired) electrons. The fourth-order valence-electron chi connectivity index (χ4n) is 0.385. The van der Waals surface area contributed by atoms with Gasteiger partial charge in [0.05, 0.1) is 5.34 Å². The molecular formula is CH2B10Cl2. The molecule has 0 aromatic rings. The summed E-state index contributed by atoms with van der Waals surface area (Å²) in [6.07, 6.45) is 0. The minimum Gasteiger partial charge on any atom is -0.109 e. The molecule has 0 aromatic carbocycles. The summed E-state index contributed by atoms with van der Waals surface area (Å²) in [6.45, 7) is 0. The lowest BCUT2D eigenvalue weighted by molar-refractivity contribution is 2.20. The lowest BCUT2D eigenvalue weighted by Crippen LogP contribution is -2.30. The van der Waals surface area contributed by atoms with E-state index in [-0.39, 0.29) is 5.34 Å². The minimum atomic E-state index is 0.194. The van der Waals surface area contributed by atoms with Gasteiger partial charge in [-0.2, -0.15) is 0 Å². The lowest BCUT2D eigenvalue weighted by Gasteiger charge is -1.92. The molecule has 0 saturated carbocycles. The van der Waals surface area contributed by atoms with Crippen LogP contribution in [0.25, 0.3) is 0 Å². The Labute approximate surface area is 100 Å². The van der Waals surface area contributed by atoms with E-state index >= 15 is 0 Å². The van der Waals surface area contributed by atoms with Gasteiger partial charge in [0.1, 0.15) is 0 Å². The van der Waals surface area contributed by atoms with E-state index in [0.29, 0.717) is 0 Å². The van der Waals surface area contributed by atoms with E-state index in [1.54, 1.807) is 14.1 Å². The molecule has 0 aliphatic heterocycles. The average Bonchev–Trinajstić information content (AvgIpc) is 2.13. The molecule has 0 rings (SSSR count). The summed E-state index contributed by atoms with van der Waals surface area (Å²) in [5, 5.41) is 0.194. The molecule has 50 valence electrons. The molecule has 0 N–H and O–H groups in total. The van der Waals surface area contributed by atoms with Crippen molar-refractivity contribution >= 4 is 95.2 Å². The number of halogens is 2. The third-order valence-corrected chi connectivity index (χ3v) is 0.778. The fourth-order valence-corrected chi connectivity index (χ4v) is 0.385. The molecule has 12 heteroatoms. The first-order valence-electron chi connectivity index (χ1n) is 3.53. The first-order valence-corrected chi connectivity index (χ1v) is 4.60. The van der Waals surface area contributed by atoms with Gasteiger partial charge in [-0.3, -0.25) is 0 Å². The van der Waals surface area contributed by atoms with Gasteiger partial charge in [0.15, 0.2) is 0 Å². The van der Waals surface area contributed by atoms with Gasteiger partial charge in [-0.05, 0) is 0 Å². The highest BCUT2D eigenvalue weighted by Gasteiger charge is 1.92. The molecule has 0 saturated heterocycles. The number of hydrogen-bond acceptors (Lipinski definition) is 0. The van der Waals surface area contributed by atoms with Gasteiger partial charge in [0.2, 0.25) is 0 Å². The van der Waals surface area contributed by atoms with E-state index in [1.807, 2.05) is 28.2 Å². The zero-order chi connectivity index (χ0) is 10.4. The van der Waals surface area contributed by atoms with Crippen LogP contribution < -0.4 is 0 Å². The summed E-state index contributed by atoms with van der Waals surface area (Å²) < 4.78 is 0. The molecule has 0 heterocycles. The largest absolute Gasteiger partial charge is 0.109 e. The maximum absolute atomic E-state index is 5.08. The maximum Gasteiger partial charge on any atom is 0.0967 e. The Hall–Kier alpha value is 1.23. The molecule has 0 aliphatic carbocycles. The topological polar surface area (TPSA) is 0 Å². The fraction of sp³-hybridized carbons (Fsp3) is 1.00. The van der Waals surface area contributed by atoms with Crippen molar-refractivity contribution in [3.8, 4) is 0 Å². The summed E-state index contributed by atoms with van der Waals surface area (Å²) in [7, 11) is 24.0. The lowest BCUT2D eigenvalue weighted by atomic mass is 8.89. The minimum absolute atomic E-state index is 0.194.